The van der Waals surface area contributed by atoms with Crippen LogP contribution >= 0.6 is 0 Å². The van der Waals surface area contributed by atoms with E-state index < -0.39 is 11.5 Å². The van der Waals surface area contributed by atoms with E-state index in [1.807, 2.05) is 13.8 Å². The second kappa shape index (κ2) is 5.03. The lowest BCUT2D eigenvalue weighted by atomic mass is 10.1. The number of nitrogens with zero attached hydrogens (tertiary/aromatic N) is 1. The Hall–Kier alpha value is -1.49. The van der Waals surface area contributed by atoms with Gasteiger partial charge in [-0.15, -0.1) is 0 Å². The number of halogens is 1. The number of rotatable bonds is 4. The first kappa shape index (κ1) is 12.6. The molecule has 0 aliphatic rings. The molecule has 4 nitrogen and oxygen atoms in total. The highest BCUT2D eigenvalue weighted by Gasteiger charge is 2.21. The fraction of sp³-hybridized carbons (Fsp3) is 0.455. The van der Waals surface area contributed by atoms with E-state index in [4.69, 9.17) is 4.74 Å². The van der Waals surface area contributed by atoms with Crippen LogP contribution in [0, 0.1) is 5.95 Å². The van der Waals surface area contributed by atoms with Crippen molar-refractivity contribution >= 4 is 5.91 Å². The number of amides is 1. The van der Waals surface area contributed by atoms with Gasteiger partial charge in [-0.25, -0.2) is 4.98 Å². The molecule has 16 heavy (non-hydrogen) atoms. The summed E-state index contributed by atoms with van der Waals surface area (Å²) >= 11 is 0. The van der Waals surface area contributed by atoms with Gasteiger partial charge in [0.05, 0.1) is 17.7 Å². The molecule has 1 heterocycles. The van der Waals surface area contributed by atoms with Gasteiger partial charge in [0.1, 0.15) is 0 Å². The van der Waals surface area contributed by atoms with Gasteiger partial charge in [-0.05, 0) is 26.0 Å². The lowest BCUT2D eigenvalue weighted by Gasteiger charge is -2.25. The van der Waals surface area contributed by atoms with Gasteiger partial charge < -0.3 is 10.1 Å². The molecule has 1 rings (SSSR count). The van der Waals surface area contributed by atoms with Gasteiger partial charge in [-0.2, -0.15) is 4.39 Å². The lowest BCUT2D eigenvalue weighted by molar-refractivity contribution is 0.0819. The second-order valence-corrected chi connectivity index (χ2v) is 4.14. The highest BCUT2D eigenvalue weighted by atomic mass is 19.1. The van der Waals surface area contributed by atoms with Crippen LogP contribution in [-0.4, -0.2) is 30.1 Å². The first-order valence-corrected chi connectivity index (χ1v) is 4.87. The van der Waals surface area contributed by atoms with Crippen molar-refractivity contribution in [2.24, 2.45) is 0 Å². The number of hydrogen-bond donors (Lipinski definition) is 1. The minimum absolute atomic E-state index is 0.297. The van der Waals surface area contributed by atoms with Crippen molar-refractivity contribution in [3.05, 3.63) is 29.8 Å². The van der Waals surface area contributed by atoms with Gasteiger partial charge in [-0.3, -0.25) is 4.79 Å². The summed E-state index contributed by atoms with van der Waals surface area (Å²) in [5.74, 6) is -0.901. The van der Waals surface area contributed by atoms with E-state index in [0.717, 1.165) is 6.07 Å². The van der Waals surface area contributed by atoms with Crippen LogP contribution in [0.5, 0.6) is 0 Å². The summed E-state index contributed by atoms with van der Waals surface area (Å²) in [6.07, 6.45) is 1.20. The Morgan fingerprint density at radius 3 is 2.75 bits per heavy atom. The largest absolute Gasteiger partial charge is 0.382 e. The van der Waals surface area contributed by atoms with Gasteiger partial charge in [0.15, 0.2) is 0 Å². The van der Waals surface area contributed by atoms with Crippen molar-refractivity contribution in [1.82, 2.24) is 10.3 Å². The number of carbonyl (C=O) groups is 1. The van der Waals surface area contributed by atoms with Crippen molar-refractivity contribution in [2.75, 3.05) is 13.7 Å². The molecule has 1 aromatic rings. The Morgan fingerprint density at radius 1 is 1.56 bits per heavy atom. The molecular formula is C11H15FN2O2. The van der Waals surface area contributed by atoms with E-state index in [9.17, 15) is 9.18 Å². The van der Waals surface area contributed by atoms with E-state index in [1.165, 1.54) is 12.3 Å². The van der Waals surface area contributed by atoms with Gasteiger partial charge in [0.25, 0.3) is 5.91 Å². The average Bonchev–Trinajstić information content (AvgIpc) is 2.17. The van der Waals surface area contributed by atoms with E-state index >= 15 is 0 Å². The maximum Gasteiger partial charge on any atom is 0.253 e. The SMILES string of the molecule is COCC(C)(C)NC(=O)c1ccc(F)nc1. The number of aromatic nitrogens is 1. The summed E-state index contributed by atoms with van der Waals surface area (Å²) in [4.78, 5) is 15.1. The fourth-order valence-electron chi connectivity index (χ4n) is 1.29. The predicted octanol–water partition coefficient (Wildman–Crippen LogP) is 1.38. The van der Waals surface area contributed by atoms with E-state index in [-0.39, 0.29) is 5.91 Å². The van der Waals surface area contributed by atoms with Crippen LogP contribution in [0.15, 0.2) is 18.3 Å². The third-order valence-corrected chi connectivity index (χ3v) is 1.95. The summed E-state index contributed by atoms with van der Waals surface area (Å²) in [5, 5.41) is 2.77. The average molecular weight is 226 g/mol. The molecule has 0 atom stereocenters. The molecule has 0 saturated carbocycles. The van der Waals surface area contributed by atoms with Gasteiger partial charge in [0, 0.05) is 13.3 Å². The minimum Gasteiger partial charge on any atom is -0.382 e. The molecule has 1 amide bonds. The molecule has 1 N–H and O–H groups in total. The van der Waals surface area contributed by atoms with Gasteiger partial charge in [0.2, 0.25) is 5.95 Å². The van der Waals surface area contributed by atoms with Crippen molar-refractivity contribution < 1.29 is 13.9 Å². The Morgan fingerprint density at radius 2 is 2.25 bits per heavy atom. The molecule has 0 spiro atoms. The maximum atomic E-state index is 12.5. The second-order valence-electron chi connectivity index (χ2n) is 4.14. The number of carbonyl (C=O) groups excluding carboxylic acids is 1. The van der Waals surface area contributed by atoms with Crippen molar-refractivity contribution in [3.8, 4) is 0 Å². The topological polar surface area (TPSA) is 51.2 Å². The standard InChI is InChI=1S/C11H15FN2O2/c1-11(2,7-16-3)14-10(15)8-4-5-9(12)13-6-8/h4-6H,7H2,1-3H3,(H,14,15). The molecule has 0 aliphatic heterocycles. The van der Waals surface area contributed by atoms with Gasteiger partial charge >= 0.3 is 0 Å². The number of nitrogens with one attached hydrogen (secondary N) is 1. The molecule has 0 fully saturated rings. The third kappa shape index (κ3) is 3.58. The summed E-state index contributed by atoms with van der Waals surface area (Å²) < 4.78 is 17.5. The molecule has 88 valence electrons. The summed E-state index contributed by atoms with van der Waals surface area (Å²) in [5.41, 5.74) is -0.147. The lowest BCUT2D eigenvalue weighted by Crippen LogP contribution is -2.46. The maximum absolute atomic E-state index is 12.5. The molecule has 0 unspecified atom stereocenters. The Balaban J connectivity index is 2.69. The summed E-state index contributed by atoms with van der Waals surface area (Å²) in [6, 6.07) is 2.54. The molecule has 0 saturated heterocycles. The zero-order valence-corrected chi connectivity index (χ0v) is 9.58. The zero-order chi connectivity index (χ0) is 12.2. The fourth-order valence-corrected chi connectivity index (χ4v) is 1.29. The van der Waals surface area contributed by atoms with E-state index in [2.05, 4.69) is 10.3 Å². The first-order chi connectivity index (χ1) is 7.44. The Labute approximate surface area is 93.8 Å². The van der Waals surface area contributed by atoms with Crippen LogP contribution in [0.3, 0.4) is 0 Å². The molecule has 0 aliphatic carbocycles. The van der Waals surface area contributed by atoms with Crippen LogP contribution in [-0.2, 0) is 4.74 Å². The number of ether oxygens (including phenoxy) is 1. The monoisotopic (exact) mass is 226 g/mol. The molecule has 1 aromatic heterocycles. The number of hydrogen-bond acceptors (Lipinski definition) is 3. The molecule has 0 bridgehead atoms. The van der Waals surface area contributed by atoms with E-state index in [1.54, 1.807) is 7.11 Å². The highest BCUT2D eigenvalue weighted by Crippen LogP contribution is 2.05. The Bertz CT molecular complexity index is 363. The molecule has 0 radical (unpaired) electrons. The number of pyridine rings is 1. The summed E-state index contributed by atoms with van der Waals surface area (Å²) in [7, 11) is 1.56. The minimum atomic E-state index is -0.604. The smallest absolute Gasteiger partial charge is 0.253 e. The quantitative estimate of drug-likeness (QED) is 0.789. The normalized spacial score (nSPS) is 11.2. The third-order valence-electron chi connectivity index (χ3n) is 1.95. The highest BCUT2D eigenvalue weighted by molar-refractivity contribution is 5.94. The van der Waals surface area contributed by atoms with Crippen LogP contribution in [0.1, 0.15) is 24.2 Å². The predicted molar refractivity (Wildman–Crippen MR) is 57.6 cm³/mol. The van der Waals surface area contributed by atoms with Crippen LogP contribution < -0.4 is 5.32 Å². The van der Waals surface area contributed by atoms with Crippen molar-refractivity contribution in [2.45, 2.75) is 19.4 Å². The summed E-state index contributed by atoms with van der Waals surface area (Å²) in [6.45, 7) is 4.07. The van der Waals surface area contributed by atoms with E-state index in [0.29, 0.717) is 12.2 Å². The molecular weight excluding hydrogens is 211 g/mol. The molecule has 0 aromatic carbocycles. The van der Waals surface area contributed by atoms with Crippen LogP contribution in [0.25, 0.3) is 0 Å². The van der Waals surface area contributed by atoms with Gasteiger partial charge in [-0.1, -0.05) is 0 Å². The first-order valence-electron chi connectivity index (χ1n) is 4.87. The molecule has 5 heteroatoms. The van der Waals surface area contributed by atoms with Crippen molar-refractivity contribution in [3.63, 3.8) is 0 Å². The number of methoxy groups -OCH3 is 1. The zero-order valence-electron chi connectivity index (χ0n) is 9.58. The Kier molecular flexibility index (Phi) is 3.95. The van der Waals surface area contributed by atoms with Crippen LogP contribution in [0.4, 0.5) is 4.39 Å². The van der Waals surface area contributed by atoms with Crippen molar-refractivity contribution in [1.29, 1.82) is 0 Å². The van der Waals surface area contributed by atoms with Crippen LogP contribution in [0.2, 0.25) is 0 Å².